The van der Waals surface area contributed by atoms with Crippen LogP contribution >= 0.6 is 11.6 Å². The van der Waals surface area contributed by atoms with Crippen LogP contribution in [-0.2, 0) is 18.3 Å². The summed E-state index contributed by atoms with van der Waals surface area (Å²) < 4.78 is 1.72. The SMILES string of the molecule is Cc1nn(C)c(CC(=O)C2CC2c2ccccc2)c1Cl. The van der Waals surface area contributed by atoms with Crippen molar-refractivity contribution in [3.63, 3.8) is 0 Å². The first-order chi connectivity index (χ1) is 9.58. The molecule has 0 saturated heterocycles. The summed E-state index contributed by atoms with van der Waals surface area (Å²) in [5, 5.41) is 4.88. The predicted molar refractivity (Wildman–Crippen MR) is 79.0 cm³/mol. The fraction of sp³-hybridized carbons (Fsp3) is 0.375. The third-order valence-corrected chi connectivity index (χ3v) is 4.53. The summed E-state index contributed by atoms with van der Waals surface area (Å²) in [5.41, 5.74) is 2.87. The molecule has 20 heavy (non-hydrogen) atoms. The molecule has 2 aromatic rings. The number of hydrogen-bond acceptors (Lipinski definition) is 2. The van der Waals surface area contributed by atoms with Gasteiger partial charge in [-0.15, -0.1) is 0 Å². The van der Waals surface area contributed by atoms with Gasteiger partial charge in [0.05, 0.1) is 22.8 Å². The summed E-state index contributed by atoms with van der Waals surface area (Å²) in [6.07, 6.45) is 1.33. The lowest BCUT2D eigenvalue weighted by Crippen LogP contribution is -2.10. The molecule has 4 heteroatoms. The highest BCUT2D eigenvalue weighted by atomic mass is 35.5. The third kappa shape index (κ3) is 2.38. The molecule has 1 aromatic heterocycles. The topological polar surface area (TPSA) is 34.9 Å². The van der Waals surface area contributed by atoms with Crippen LogP contribution in [0, 0.1) is 12.8 Å². The molecular weight excluding hydrogens is 272 g/mol. The Morgan fingerprint density at radius 2 is 2.10 bits per heavy atom. The normalized spacial score (nSPS) is 20.9. The Hall–Kier alpha value is -1.61. The van der Waals surface area contributed by atoms with E-state index in [2.05, 4.69) is 17.2 Å². The highest BCUT2D eigenvalue weighted by Crippen LogP contribution is 2.48. The van der Waals surface area contributed by atoms with E-state index in [9.17, 15) is 4.79 Å². The van der Waals surface area contributed by atoms with Crippen LogP contribution in [0.1, 0.15) is 29.3 Å². The van der Waals surface area contributed by atoms with Gasteiger partial charge in [0.2, 0.25) is 0 Å². The number of benzene rings is 1. The number of carbonyl (C=O) groups is 1. The first-order valence-corrected chi connectivity index (χ1v) is 7.21. The smallest absolute Gasteiger partial charge is 0.142 e. The van der Waals surface area contributed by atoms with Gasteiger partial charge in [-0.25, -0.2) is 0 Å². The first kappa shape index (κ1) is 13.4. The quantitative estimate of drug-likeness (QED) is 0.865. The zero-order valence-electron chi connectivity index (χ0n) is 11.6. The Morgan fingerprint density at radius 1 is 1.40 bits per heavy atom. The van der Waals surface area contributed by atoms with Gasteiger partial charge in [0, 0.05) is 13.0 Å². The van der Waals surface area contributed by atoms with Crippen molar-refractivity contribution in [1.29, 1.82) is 0 Å². The van der Waals surface area contributed by atoms with Crippen LogP contribution in [0.4, 0.5) is 0 Å². The van der Waals surface area contributed by atoms with Gasteiger partial charge < -0.3 is 0 Å². The van der Waals surface area contributed by atoms with Crippen LogP contribution in [0.5, 0.6) is 0 Å². The maximum absolute atomic E-state index is 12.4. The molecule has 0 amide bonds. The van der Waals surface area contributed by atoms with Gasteiger partial charge in [0.25, 0.3) is 0 Å². The number of rotatable bonds is 4. The Morgan fingerprint density at radius 3 is 2.70 bits per heavy atom. The molecule has 1 heterocycles. The summed E-state index contributed by atoms with van der Waals surface area (Å²) in [7, 11) is 1.84. The fourth-order valence-corrected chi connectivity index (χ4v) is 3.01. The van der Waals surface area contributed by atoms with Crippen LogP contribution in [0.25, 0.3) is 0 Å². The van der Waals surface area contributed by atoms with Crippen molar-refractivity contribution < 1.29 is 4.79 Å². The molecule has 0 radical (unpaired) electrons. The summed E-state index contributed by atoms with van der Waals surface area (Å²) in [4.78, 5) is 12.4. The number of aryl methyl sites for hydroxylation is 2. The van der Waals surface area contributed by atoms with E-state index in [-0.39, 0.29) is 11.7 Å². The summed E-state index contributed by atoms with van der Waals surface area (Å²) in [6, 6.07) is 10.2. The summed E-state index contributed by atoms with van der Waals surface area (Å²) in [5.74, 6) is 0.796. The average molecular weight is 289 g/mol. The van der Waals surface area contributed by atoms with Crippen molar-refractivity contribution in [3.8, 4) is 0 Å². The van der Waals surface area contributed by atoms with Crippen molar-refractivity contribution in [2.24, 2.45) is 13.0 Å². The minimum absolute atomic E-state index is 0.142. The van der Waals surface area contributed by atoms with Gasteiger partial charge in [-0.1, -0.05) is 41.9 Å². The average Bonchev–Trinajstić information content (AvgIpc) is 3.20. The van der Waals surface area contributed by atoms with Crippen LogP contribution < -0.4 is 0 Å². The van der Waals surface area contributed by atoms with Crippen LogP contribution in [-0.4, -0.2) is 15.6 Å². The molecule has 0 bridgehead atoms. The molecule has 0 spiro atoms. The molecule has 1 aromatic carbocycles. The fourth-order valence-electron chi connectivity index (χ4n) is 2.79. The van der Waals surface area contributed by atoms with E-state index < -0.39 is 0 Å². The van der Waals surface area contributed by atoms with E-state index in [1.54, 1.807) is 4.68 Å². The Kier molecular flexibility index (Phi) is 3.38. The molecule has 0 aliphatic heterocycles. The molecule has 1 aliphatic rings. The molecule has 1 fully saturated rings. The van der Waals surface area contributed by atoms with E-state index in [0.717, 1.165) is 17.8 Å². The van der Waals surface area contributed by atoms with E-state index in [1.807, 2.05) is 32.2 Å². The van der Waals surface area contributed by atoms with E-state index in [4.69, 9.17) is 11.6 Å². The Labute approximate surface area is 123 Å². The highest BCUT2D eigenvalue weighted by Gasteiger charge is 2.43. The second-order valence-electron chi connectivity index (χ2n) is 5.47. The minimum Gasteiger partial charge on any atom is -0.299 e. The zero-order valence-corrected chi connectivity index (χ0v) is 12.4. The van der Waals surface area contributed by atoms with Gasteiger partial charge in [-0.2, -0.15) is 5.10 Å². The number of ketones is 1. The molecule has 2 atom stereocenters. The maximum atomic E-state index is 12.4. The Bertz CT molecular complexity index is 648. The second-order valence-corrected chi connectivity index (χ2v) is 5.85. The number of aromatic nitrogens is 2. The lowest BCUT2D eigenvalue weighted by molar-refractivity contribution is -0.119. The van der Waals surface area contributed by atoms with E-state index in [0.29, 0.717) is 17.4 Å². The number of halogens is 1. The standard InChI is InChI=1S/C16H17ClN2O/c1-10-16(17)14(19(2)18-10)9-15(20)13-8-12(13)11-6-4-3-5-7-11/h3-7,12-13H,8-9H2,1-2H3. The highest BCUT2D eigenvalue weighted by molar-refractivity contribution is 6.32. The number of hydrogen-bond donors (Lipinski definition) is 0. The van der Waals surface area contributed by atoms with Crippen LogP contribution in [0.15, 0.2) is 30.3 Å². The number of nitrogens with zero attached hydrogens (tertiary/aromatic N) is 2. The summed E-state index contributed by atoms with van der Waals surface area (Å²) >= 11 is 6.20. The predicted octanol–water partition coefficient (Wildman–Crippen LogP) is 3.30. The molecule has 0 N–H and O–H groups in total. The van der Waals surface area contributed by atoms with Crippen molar-refractivity contribution in [3.05, 3.63) is 52.3 Å². The van der Waals surface area contributed by atoms with Crippen molar-refractivity contribution in [2.75, 3.05) is 0 Å². The second kappa shape index (κ2) is 5.06. The van der Waals surface area contributed by atoms with E-state index >= 15 is 0 Å². The third-order valence-electron chi connectivity index (χ3n) is 4.04. The van der Waals surface area contributed by atoms with Crippen LogP contribution in [0.3, 0.4) is 0 Å². The van der Waals surface area contributed by atoms with Crippen molar-refractivity contribution in [2.45, 2.75) is 25.7 Å². The van der Waals surface area contributed by atoms with Gasteiger partial charge >= 0.3 is 0 Å². The van der Waals surface area contributed by atoms with Gasteiger partial charge in [-0.05, 0) is 24.8 Å². The molecule has 3 rings (SSSR count). The molecule has 104 valence electrons. The number of Topliss-reactive ketones (excluding diaryl/α,β-unsaturated/α-hetero) is 1. The number of carbonyl (C=O) groups excluding carboxylic acids is 1. The molecule has 1 saturated carbocycles. The minimum atomic E-state index is 0.142. The lowest BCUT2D eigenvalue weighted by atomic mass is 10.1. The van der Waals surface area contributed by atoms with Crippen molar-refractivity contribution >= 4 is 17.4 Å². The summed E-state index contributed by atoms with van der Waals surface area (Å²) in [6.45, 7) is 1.86. The van der Waals surface area contributed by atoms with Gasteiger partial charge in [-0.3, -0.25) is 9.48 Å². The van der Waals surface area contributed by atoms with Gasteiger partial charge in [0.15, 0.2) is 0 Å². The molecule has 2 unspecified atom stereocenters. The zero-order chi connectivity index (χ0) is 14.3. The first-order valence-electron chi connectivity index (χ1n) is 6.83. The molecular formula is C16H17ClN2O. The largest absolute Gasteiger partial charge is 0.299 e. The van der Waals surface area contributed by atoms with Crippen molar-refractivity contribution in [1.82, 2.24) is 9.78 Å². The molecule has 3 nitrogen and oxygen atoms in total. The van der Waals surface area contributed by atoms with Gasteiger partial charge in [0.1, 0.15) is 5.78 Å². The Balaban J connectivity index is 1.70. The van der Waals surface area contributed by atoms with Crippen LogP contribution in [0.2, 0.25) is 5.02 Å². The lowest BCUT2D eigenvalue weighted by Gasteiger charge is -2.03. The molecule has 1 aliphatic carbocycles. The van der Waals surface area contributed by atoms with E-state index in [1.165, 1.54) is 5.56 Å². The monoisotopic (exact) mass is 288 g/mol. The maximum Gasteiger partial charge on any atom is 0.142 e.